The van der Waals surface area contributed by atoms with Gasteiger partial charge in [0.15, 0.2) is 0 Å². The molecule has 7 heteroatoms. The Labute approximate surface area is 167 Å². The van der Waals surface area contributed by atoms with Crippen LogP contribution in [0.1, 0.15) is 38.2 Å². The largest absolute Gasteiger partial charge is 0.466 e. The molecule has 1 amide bonds. The Hall–Kier alpha value is -1.63. The van der Waals surface area contributed by atoms with Crippen molar-refractivity contribution >= 4 is 24.3 Å². The van der Waals surface area contributed by atoms with Crippen molar-refractivity contribution in [2.75, 3.05) is 32.8 Å². The van der Waals surface area contributed by atoms with Crippen LogP contribution in [0.2, 0.25) is 0 Å². The maximum Gasteiger partial charge on any atom is 0.310 e. The zero-order valence-electron chi connectivity index (χ0n) is 15.9. The molecule has 1 aromatic rings. The van der Waals surface area contributed by atoms with Crippen molar-refractivity contribution in [3.8, 4) is 0 Å². The van der Waals surface area contributed by atoms with Crippen LogP contribution in [0, 0.1) is 5.92 Å². The Bertz CT molecular complexity index is 620. The highest BCUT2D eigenvalue weighted by Crippen LogP contribution is 2.34. The molecule has 0 bridgehead atoms. The minimum absolute atomic E-state index is 0. The fourth-order valence-electron chi connectivity index (χ4n) is 4.04. The number of hydrogen-bond acceptors (Lipinski definition) is 5. The summed E-state index contributed by atoms with van der Waals surface area (Å²) in [7, 11) is 0. The van der Waals surface area contributed by atoms with Gasteiger partial charge in [-0.3, -0.25) is 15.0 Å². The minimum atomic E-state index is -0.511. The molecule has 0 radical (unpaired) electrons. The molecule has 0 saturated carbocycles. The van der Waals surface area contributed by atoms with Gasteiger partial charge in [0.25, 0.3) is 0 Å². The number of hydrogen-bond donors (Lipinski definition) is 2. The van der Waals surface area contributed by atoms with Crippen molar-refractivity contribution in [2.24, 2.45) is 5.92 Å². The van der Waals surface area contributed by atoms with Crippen LogP contribution in [0.25, 0.3) is 0 Å². The van der Waals surface area contributed by atoms with E-state index in [1.54, 1.807) is 0 Å². The van der Waals surface area contributed by atoms with Gasteiger partial charge in [-0.2, -0.15) is 0 Å². The summed E-state index contributed by atoms with van der Waals surface area (Å²) in [6.07, 6.45) is 3.25. The standard InChI is InChI=1S/C20H29N3O3.ClH/c1-2-26-18(24)16-7-6-14-23(15-16)22-19(25)20(10-12-21-13-11-20)17-8-4-3-5-9-17;/h3-5,8-9,16,21H,2,6-7,10-15H2,1H3,(H,22,25);1H. The lowest BCUT2D eigenvalue weighted by Crippen LogP contribution is -2.57. The lowest BCUT2D eigenvalue weighted by Gasteiger charge is -2.40. The first-order valence-corrected chi connectivity index (χ1v) is 9.64. The number of ether oxygens (including phenoxy) is 1. The van der Waals surface area contributed by atoms with Gasteiger partial charge in [-0.15, -0.1) is 12.4 Å². The van der Waals surface area contributed by atoms with E-state index in [1.807, 2.05) is 42.3 Å². The van der Waals surface area contributed by atoms with Crippen LogP contribution in [-0.2, 0) is 19.7 Å². The van der Waals surface area contributed by atoms with Crippen LogP contribution in [-0.4, -0.2) is 49.7 Å². The van der Waals surface area contributed by atoms with Crippen LogP contribution in [0.15, 0.2) is 30.3 Å². The molecule has 2 aliphatic heterocycles. The van der Waals surface area contributed by atoms with Crippen LogP contribution in [0.5, 0.6) is 0 Å². The minimum Gasteiger partial charge on any atom is -0.466 e. The van der Waals surface area contributed by atoms with Crippen molar-refractivity contribution in [3.63, 3.8) is 0 Å². The third kappa shape index (κ3) is 5.00. The van der Waals surface area contributed by atoms with Crippen LogP contribution < -0.4 is 10.7 Å². The Kier molecular flexibility index (Phi) is 8.07. The van der Waals surface area contributed by atoms with Gasteiger partial charge in [-0.1, -0.05) is 30.3 Å². The summed E-state index contributed by atoms with van der Waals surface area (Å²) in [4.78, 5) is 25.3. The summed E-state index contributed by atoms with van der Waals surface area (Å²) in [5, 5.41) is 5.25. The molecule has 6 nitrogen and oxygen atoms in total. The van der Waals surface area contributed by atoms with Gasteiger partial charge in [0.2, 0.25) is 5.91 Å². The number of esters is 1. The summed E-state index contributed by atoms with van der Waals surface area (Å²) in [6.45, 7) is 5.16. The van der Waals surface area contributed by atoms with Crippen molar-refractivity contribution in [1.82, 2.24) is 15.8 Å². The fraction of sp³-hybridized carbons (Fsp3) is 0.600. The highest BCUT2D eigenvalue weighted by molar-refractivity contribution is 5.88. The van der Waals surface area contributed by atoms with Gasteiger partial charge in [-0.05, 0) is 51.3 Å². The number of hydrazine groups is 1. The first-order chi connectivity index (χ1) is 12.7. The monoisotopic (exact) mass is 395 g/mol. The first-order valence-electron chi connectivity index (χ1n) is 9.64. The molecule has 1 aromatic carbocycles. The highest BCUT2D eigenvalue weighted by Gasteiger charge is 2.42. The molecule has 2 aliphatic rings. The number of amides is 1. The molecular weight excluding hydrogens is 366 g/mol. The quantitative estimate of drug-likeness (QED) is 0.746. The number of benzene rings is 1. The second-order valence-electron chi connectivity index (χ2n) is 7.18. The van der Waals surface area contributed by atoms with Gasteiger partial charge >= 0.3 is 5.97 Å². The van der Waals surface area contributed by atoms with Gasteiger partial charge in [0.1, 0.15) is 0 Å². The average molecular weight is 396 g/mol. The molecule has 1 unspecified atom stereocenters. The maximum atomic E-state index is 13.3. The Morgan fingerprint density at radius 3 is 2.63 bits per heavy atom. The summed E-state index contributed by atoms with van der Waals surface area (Å²) < 4.78 is 5.15. The molecule has 0 spiro atoms. The topological polar surface area (TPSA) is 70.7 Å². The zero-order chi connectivity index (χ0) is 18.4. The molecule has 0 aromatic heterocycles. The van der Waals surface area contributed by atoms with E-state index in [2.05, 4.69) is 10.7 Å². The van der Waals surface area contributed by atoms with E-state index in [-0.39, 0.29) is 30.2 Å². The lowest BCUT2D eigenvalue weighted by molar-refractivity contribution is -0.151. The number of rotatable bonds is 5. The zero-order valence-corrected chi connectivity index (χ0v) is 16.7. The van der Waals surface area contributed by atoms with Crippen molar-refractivity contribution in [3.05, 3.63) is 35.9 Å². The SMILES string of the molecule is CCOC(=O)C1CCCN(NC(=O)C2(c3ccccc3)CCNCC2)C1.Cl. The summed E-state index contributed by atoms with van der Waals surface area (Å²) >= 11 is 0. The Morgan fingerprint density at radius 2 is 1.96 bits per heavy atom. The third-order valence-electron chi connectivity index (χ3n) is 5.52. The number of halogens is 1. The Morgan fingerprint density at radius 1 is 1.26 bits per heavy atom. The van der Waals surface area contributed by atoms with Crippen molar-refractivity contribution < 1.29 is 14.3 Å². The summed E-state index contributed by atoms with van der Waals surface area (Å²) in [5.74, 6) is -0.287. The highest BCUT2D eigenvalue weighted by atomic mass is 35.5. The van der Waals surface area contributed by atoms with Crippen LogP contribution in [0.4, 0.5) is 0 Å². The van der Waals surface area contributed by atoms with E-state index >= 15 is 0 Å². The molecule has 3 rings (SSSR count). The number of nitrogens with zero attached hydrogens (tertiary/aromatic N) is 1. The predicted molar refractivity (Wildman–Crippen MR) is 107 cm³/mol. The molecule has 2 N–H and O–H groups in total. The first kappa shape index (κ1) is 21.7. The number of piperidine rings is 2. The number of nitrogens with one attached hydrogen (secondary N) is 2. The predicted octanol–water partition coefficient (Wildman–Crippen LogP) is 2.04. The summed E-state index contributed by atoms with van der Waals surface area (Å²) in [5.41, 5.74) is 3.67. The molecular formula is C20H30ClN3O3. The maximum absolute atomic E-state index is 13.3. The van der Waals surface area contributed by atoms with Gasteiger partial charge in [-0.25, -0.2) is 5.01 Å². The second kappa shape index (κ2) is 10.1. The molecule has 2 saturated heterocycles. The lowest BCUT2D eigenvalue weighted by atomic mass is 9.72. The van der Waals surface area contributed by atoms with E-state index in [9.17, 15) is 9.59 Å². The fourth-order valence-corrected chi connectivity index (χ4v) is 4.04. The van der Waals surface area contributed by atoms with Gasteiger partial charge < -0.3 is 10.1 Å². The van der Waals surface area contributed by atoms with E-state index in [4.69, 9.17) is 4.74 Å². The third-order valence-corrected chi connectivity index (χ3v) is 5.52. The van der Waals surface area contributed by atoms with E-state index in [0.29, 0.717) is 13.2 Å². The van der Waals surface area contributed by atoms with E-state index in [0.717, 1.165) is 50.9 Å². The van der Waals surface area contributed by atoms with Gasteiger partial charge in [0.05, 0.1) is 17.9 Å². The molecule has 2 heterocycles. The number of carbonyl (C=O) groups is 2. The normalized spacial score (nSPS) is 22.3. The molecule has 27 heavy (non-hydrogen) atoms. The average Bonchev–Trinajstić information content (AvgIpc) is 2.69. The van der Waals surface area contributed by atoms with Gasteiger partial charge in [0, 0.05) is 13.1 Å². The van der Waals surface area contributed by atoms with E-state index < -0.39 is 5.41 Å². The smallest absolute Gasteiger partial charge is 0.310 e. The van der Waals surface area contributed by atoms with Crippen molar-refractivity contribution in [1.29, 1.82) is 0 Å². The van der Waals surface area contributed by atoms with E-state index in [1.165, 1.54) is 0 Å². The van der Waals surface area contributed by atoms with Crippen LogP contribution in [0.3, 0.4) is 0 Å². The Balaban J connectivity index is 0.00000261. The molecule has 150 valence electrons. The van der Waals surface area contributed by atoms with Crippen molar-refractivity contribution in [2.45, 2.75) is 38.0 Å². The number of carbonyl (C=O) groups excluding carboxylic acids is 2. The molecule has 2 fully saturated rings. The van der Waals surface area contributed by atoms with Crippen LogP contribution >= 0.6 is 12.4 Å². The summed E-state index contributed by atoms with van der Waals surface area (Å²) in [6, 6.07) is 10.0. The molecule has 0 aliphatic carbocycles. The molecule has 1 atom stereocenters. The second-order valence-corrected chi connectivity index (χ2v) is 7.18.